The summed E-state index contributed by atoms with van der Waals surface area (Å²) in [5.41, 5.74) is 19.7. The van der Waals surface area contributed by atoms with Gasteiger partial charge in [0.15, 0.2) is 11.5 Å². The highest BCUT2D eigenvalue weighted by Gasteiger charge is 2.37. The molecule has 12 aromatic rings. The summed E-state index contributed by atoms with van der Waals surface area (Å²) in [5, 5.41) is 4.94. The van der Waals surface area contributed by atoms with E-state index in [2.05, 4.69) is 277 Å². The SMILES string of the molecule is CC1(C)c2cc(-c3ccc4c(c3)c3ccccc3n4-c3ccccc3)ccc2-c2ccc(N3c4ccccc4Oc4cc(-c5ccc(N(c6ccccc6)c6cccc7ccccc67)cc5)ccc43)cc21. The van der Waals surface area contributed by atoms with Crippen molar-refractivity contribution in [1.82, 2.24) is 4.57 Å². The average molecular weight is 910 g/mol. The Balaban J connectivity index is 0.802. The van der Waals surface area contributed by atoms with Gasteiger partial charge in [0.25, 0.3) is 0 Å². The molecule has 0 saturated carbocycles. The molecular weight excluding hydrogens is 863 g/mol. The number of aromatic nitrogens is 1. The van der Waals surface area contributed by atoms with Gasteiger partial charge in [-0.15, -0.1) is 0 Å². The van der Waals surface area contributed by atoms with Crippen molar-refractivity contribution in [2.45, 2.75) is 19.3 Å². The second-order valence-corrected chi connectivity index (χ2v) is 19.3. The number of anilines is 6. The first kappa shape index (κ1) is 40.9. The molecule has 0 amide bonds. The summed E-state index contributed by atoms with van der Waals surface area (Å²) in [5.74, 6) is 1.65. The summed E-state index contributed by atoms with van der Waals surface area (Å²) < 4.78 is 9.15. The summed E-state index contributed by atoms with van der Waals surface area (Å²) in [7, 11) is 0. The summed E-state index contributed by atoms with van der Waals surface area (Å²) in [4.78, 5) is 4.72. The van der Waals surface area contributed by atoms with Crippen LogP contribution in [0.3, 0.4) is 0 Å². The van der Waals surface area contributed by atoms with Gasteiger partial charge in [0.2, 0.25) is 0 Å². The third-order valence-corrected chi connectivity index (χ3v) is 14.9. The molecule has 0 N–H and O–H groups in total. The van der Waals surface area contributed by atoms with Crippen LogP contribution in [0, 0.1) is 0 Å². The van der Waals surface area contributed by atoms with Gasteiger partial charge in [0, 0.05) is 44.3 Å². The number of para-hydroxylation sites is 5. The molecule has 0 saturated heterocycles. The molecule has 2 aliphatic rings. The third-order valence-electron chi connectivity index (χ3n) is 14.9. The van der Waals surface area contributed by atoms with Crippen molar-refractivity contribution >= 4 is 66.7 Å². The van der Waals surface area contributed by atoms with Crippen LogP contribution in [0.5, 0.6) is 11.5 Å². The summed E-state index contributed by atoms with van der Waals surface area (Å²) in [6.07, 6.45) is 0. The van der Waals surface area contributed by atoms with E-state index in [0.29, 0.717) is 0 Å². The molecule has 1 aliphatic carbocycles. The van der Waals surface area contributed by atoms with Gasteiger partial charge < -0.3 is 19.1 Å². The minimum Gasteiger partial charge on any atom is -0.453 e. The Hall–Kier alpha value is -9.12. The fourth-order valence-corrected chi connectivity index (χ4v) is 11.5. The number of hydrogen-bond acceptors (Lipinski definition) is 3. The standard InChI is InChI=1S/C67H47N3O/c1-67(2)58-41-47(46-31-38-62-57(40-46)56-23-11-12-24-61(56)69(62)50-20-7-4-8-21-50)30-36-54(58)55-37-35-52(43-59(55)67)70-63-25-13-14-27-65(63)71-66-42-48(32-39-64(66)70)44-28-33-51(34-29-44)68(49-18-5-3-6-19-49)60-26-15-17-45-16-9-10-22-53(45)60/h3-43H,1-2H3. The van der Waals surface area contributed by atoms with E-state index in [1.165, 1.54) is 71.6 Å². The number of hydrogen-bond donors (Lipinski definition) is 0. The molecule has 0 bridgehead atoms. The van der Waals surface area contributed by atoms with Crippen molar-refractivity contribution in [3.05, 3.63) is 260 Å². The minimum absolute atomic E-state index is 0.238. The molecule has 1 aliphatic heterocycles. The Kier molecular flexibility index (Phi) is 9.21. The van der Waals surface area contributed by atoms with E-state index in [4.69, 9.17) is 4.74 Å². The molecule has 4 nitrogen and oxygen atoms in total. The molecule has 336 valence electrons. The Morgan fingerprint density at radius 3 is 1.82 bits per heavy atom. The van der Waals surface area contributed by atoms with Crippen LogP contribution in [0.15, 0.2) is 249 Å². The zero-order valence-corrected chi connectivity index (χ0v) is 39.4. The van der Waals surface area contributed by atoms with Gasteiger partial charge in [-0.05, 0) is 153 Å². The Morgan fingerprint density at radius 1 is 0.380 bits per heavy atom. The maximum atomic E-state index is 6.77. The number of rotatable bonds is 7. The summed E-state index contributed by atoms with van der Waals surface area (Å²) in [6.45, 7) is 4.75. The van der Waals surface area contributed by atoms with Crippen molar-refractivity contribution < 1.29 is 4.74 Å². The van der Waals surface area contributed by atoms with Crippen LogP contribution in [0.2, 0.25) is 0 Å². The van der Waals surface area contributed by atoms with Gasteiger partial charge >= 0.3 is 0 Å². The van der Waals surface area contributed by atoms with Crippen molar-refractivity contribution in [3.8, 4) is 50.6 Å². The first-order valence-electron chi connectivity index (χ1n) is 24.5. The first-order chi connectivity index (χ1) is 35.0. The van der Waals surface area contributed by atoms with Gasteiger partial charge in [-0.1, -0.05) is 159 Å². The van der Waals surface area contributed by atoms with E-state index in [1.54, 1.807) is 0 Å². The second kappa shape index (κ2) is 16.0. The van der Waals surface area contributed by atoms with Crippen LogP contribution in [0.4, 0.5) is 34.1 Å². The molecule has 14 rings (SSSR count). The first-order valence-corrected chi connectivity index (χ1v) is 24.5. The molecule has 4 heteroatoms. The van der Waals surface area contributed by atoms with Crippen LogP contribution in [-0.2, 0) is 5.41 Å². The lowest BCUT2D eigenvalue weighted by molar-refractivity contribution is 0.477. The molecule has 0 atom stereocenters. The second-order valence-electron chi connectivity index (χ2n) is 19.3. The van der Waals surface area contributed by atoms with E-state index in [9.17, 15) is 0 Å². The topological polar surface area (TPSA) is 20.6 Å². The van der Waals surface area contributed by atoms with Crippen molar-refractivity contribution in [2.24, 2.45) is 0 Å². The Morgan fingerprint density at radius 2 is 0.972 bits per heavy atom. The van der Waals surface area contributed by atoms with Crippen LogP contribution in [0.25, 0.3) is 71.6 Å². The van der Waals surface area contributed by atoms with Crippen molar-refractivity contribution in [2.75, 3.05) is 9.80 Å². The van der Waals surface area contributed by atoms with Gasteiger partial charge in [-0.3, -0.25) is 0 Å². The maximum Gasteiger partial charge on any atom is 0.152 e. The smallest absolute Gasteiger partial charge is 0.152 e. The lowest BCUT2D eigenvalue weighted by atomic mass is 9.81. The lowest BCUT2D eigenvalue weighted by Gasteiger charge is -2.34. The average Bonchev–Trinajstić information content (AvgIpc) is 3.87. The largest absolute Gasteiger partial charge is 0.453 e. The number of nitrogens with zero attached hydrogens (tertiary/aromatic N) is 3. The Labute approximate surface area is 413 Å². The zero-order chi connectivity index (χ0) is 47.2. The van der Waals surface area contributed by atoms with Gasteiger partial charge in [0.1, 0.15) is 0 Å². The van der Waals surface area contributed by atoms with Gasteiger partial charge in [0.05, 0.1) is 28.1 Å². The van der Waals surface area contributed by atoms with E-state index >= 15 is 0 Å². The molecular formula is C67H47N3O. The maximum absolute atomic E-state index is 6.77. The van der Waals surface area contributed by atoms with Crippen molar-refractivity contribution in [1.29, 1.82) is 0 Å². The minimum atomic E-state index is -0.238. The Bertz CT molecular complexity index is 4050. The number of fused-ring (bicyclic) bond motifs is 9. The fourth-order valence-electron chi connectivity index (χ4n) is 11.5. The van der Waals surface area contributed by atoms with Crippen LogP contribution >= 0.6 is 0 Å². The van der Waals surface area contributed by atoms with Crippen molar-refractivity contribution in [3.63, 3.8) is 0 Å². The predicted molar refractivity (Wildman–Crippen MR) is 296 cm³/mol. The van der Waals surface area contributed by atoms with E-state index < -0.39 is 0 Å². The highest BCUT2D eigenvalue weighted by molar-refractivity contribution is 6.10. The quantitative estimate of drug-likeness (QED) is 0.159. The van der Waals surface area contributed by atoms with Crippen LogP contribution in [0.1, 0.15) is 25.0 Å². The summed E-state index contributed by atoms with van der Waals surface area (Å²) in [6, 6.07) is 90.1. The molecule has 11 aromatic carbocycles. The van der Waals surface area contributed by atoms with Crippen LogP contribution in [-0.4, -0.2) is 4.57 Å². The number of benzene rings is 11. The molecule has 0 spiro atoms. The molecule has 2 heterocycles. The molecule has 0 radical (unpaired) electrons. The van der Waals surface area contributed by atoms with E-state index in [-0.39, 0.29) is 5.41 Å². The predicted octanol–water partition coefficient (Wildman–Crippen LogP) is 18.6. The monoisotopic (exact) mass is 909 g/mol. The molecule has 1 aromatic heterocycles. The molecule has 0 unspecified atom stereocenters. The van der Waals surface area contributed by atoms with E-state index in [0.717, 1.165) is 56.8 Å². The number of ether oxygens (including phenoxy) is 1. The van der Waals surface area contributed by atoms with Crippen LogP contribution < -0.4 is 14.5 Å². The highest BCUT2D eigenvalue weighted by Crippen LogP contribution is 2.55. The molecule has 0 fully saturated rings. The van der Waals surface area contributed by atoms with Gasteiger partial charge in [-0.25, -0.2) is 0 Å². The molecule has 71 heavy (non-hydrogen) atoms. The third kappa shape index (κ3) is 6.52. The normalized spacial score (nSPS) is 13.1. The lowest BCUT2D eigenvalue weighted by Crippen LogP contribution is -2.18. The zero-order valence-electron chi connectivity index (χ0n) is 39.4. The highest BCUT2D eigenvalue weighted by atomic mass is 16.5. The van der Waals surface area contributed by atoms with Gasteiger partial charge in [-0.2, -0.15) is 0 Å². The van der Waals surface area contributed by atoms with E-state index in [1.807, 2.05) is 0 Å². The fraction of sp³-hybridized carbons (Fsp3) is 0.0448. The summed E-state index contributed by atoms with van der Waals surface area (Å²) >= 11 is 0.